The number of nitrogens with one attached hydrogen (secondary N) is 1. The van der Waals surface area contributed by atoms with Crippen LogP contribution in [0.4, 0.5) is 4.79 Å². The second kappa shape index (κ2) is 7.75. The van der Waals surface area contributed by atoms with Crippen molar-refractivity contribution < 1.29 is 27.5 Å². The van der Waals surface area contributed by atoms with E-state index in [-0.39, 0.29) is 43.0 Å². The van der Waals surface area contributed by atoms with E-state index in [0.717, 1.165) is 30.6 Å². The van der Waals surface area contributed by atoms with E-state index in [4.69, 9.17) is 4.74 Å². The highest BCUT2D eigenvalue weighted by atomic mass is 32.2. The summed E-state index contributed by atoms with van der Waals surface area (Å²) in [5.74, 6) is -0.262. The van der Waals surface area contributed by atoms with Crippen molar-refractivity contribution in [3.8, 4) is 5.75 Å². The first-order valence-corrected chi connectivity index (χ1v) is 13.0. The molecule has 5 rings (SSSR count). The maximum absolute atomic E-state index is 13.5. The number of sulfone groups is 1. The second-order valence-corrected chi connectivity index (χ2v) is 11.3. The van der Waals surface area contributed by atoms with E-state index < -0.39 is 33.4 Å². The Morgan fingerprint density at radius 2 is 1.91 bits per heavy atom. The third-order valence-corrected chi connectivity index (χ3v) is 8.91. The number of hydrogen-bond acceptors (Lipinski definition) is 6. The first-order chi connectivity index (χ1) is 15.3. The Balaban J connectivity index is 1.40. The molecule has 2 atom stereocenters. The molecule has 3 fully saturated rings. The number of para-hydroxylation sites is 1. The van der Waals surface area contributed by atoms with Crippen LogP contribution < -0.4 is 10.1 Å². The highest BCUT2D eigenvalue weighted by Crippen LogP contribution is 2.41. The van der Waals surface area contributed by atoms with Crippen LogP contribution in [-0.4, -0.2) is 72.8 Å². The van der Waals surface area contributed by atoms with E-state index in [1.54, 1.807) is 29.2 Å². The number of fused-ring (bicyclic) bond motifs is 2. The normalized spacial score (nSPS) is 29.1. The molecule has 2 saturated heterocycles. The number of imide groups is 1. The second-order valence-electron chi connectivity index (χ2n) is 9.12. The van der Waals surface area contributed by atoms with Gasteiger partial charge in [-0.15, -0.1) is 0 Å². The minimum Gasteiger partial charge on any atom is -0.493 e. The fourth-order valence-corrected chi connectivity index (χ4v) is 7.33. The predicted octanol–water partition coefficient (Wildman–Crippen LogP) is 1.17. The molecule has 0 aromatic heterocycles. The van der Waals surface area contributed by atoms with Gasteiger partial charge < -0.3 is 15.0 Å². The molecule has 0 radical (unpaired) electrons. The van der Waals surface area contributed by atoms with Crippen molar-refractivity contribution in [2.45, 2.75) is 56.1 Å². The average molecular weight is 462 g/mol. The van der Waals surface area contributed by atoms with Crippen LogP contribution in [0.5, 0.6) is 5.75 Å². The lowest BCUT2D eigenvalue weighted by atomic mass is 9.84. The van der Waals surface area contributed by atoms with Crippen molar-refractivity contribution in [3.63, 3.8) is 0 Å². The van der Waals surface area contributed by atoms with Gasteiger partial charge in [0.05, 0.1) is 18.1 Å². The minimum atomic E-state index is -3.18. The van der Waals surface area contributed by atoms with Gasteiger partial charge in [0.1, 0.15) is 12.3 Å². The summed E-state index contributed by atoms with van der Waals surface area (Å²) in [5, 5.41) is 2.81. The molecule has 172 valence electrons. The van der Waals surface area contributed by atoms with Gasteiger partial charge in [0.25, 0.3) is 5.91 Å². The molecule has 1 aromatic carbocycles. The molecule has 3 aliphatic heterocycles. The fraction of sp³-hybridized carbons (Fsp3) is 0.591. The van der Waals surface area contributed by atoms with Gasteiger partial charge >= 0.3 is 6.03 Å². The van der Waals surface area contributed by atoms with Crippen LogP contribution in [0.15, 0.2) is 24.3 Å². The van der Waals surface area contributed by atoms with Gasteiger partial charge in [0, 0.05) is 24.1 Å². The average Bonchev–Trinajstić information content (AvgIpc) is 3.46. The molecule has 3 heterocycles. The van der Waals surface area contributed by atoms with Crippen molar-refractivity contribution >= 4 is 27.7 Å². The maximum atomic E-state index is 13.5. The summed E-state index contributed by atoms with van der Waals surface area (Å²) in [6, 6.07) is 6.05. The monoisotopic (exact) mass is 461 g/mol. The molecule has 1 aliphatic carbocycles. The Bertz CT molecular complexity index is 1070. The molecule has 9 nitrogen and oxygen atoms in total. The molecule has 1 spiro atoms. The van der Waals surface area contributed by atoms with Crippen LogP contribution in [-0.2, 0) is 25.0 Å². The van der Waals surface area contributed by atoms with E-state index in [1.807, 2.05) is 0 Å². The molecule has 0 bridgehead atoms. The third kappa shape index (κ3) is 3.44. The summed E-state index contributed by atoms with van der Waals surface area (Å²) in [7, 11) is -3.18. The van der Waals surface area contributed by atoms with Gasteiger partial charge in [-0.1, -0.05) is 31.0 Å². The number of nitrogens with zero attached hydrogens (tertiary/aromatic N) is 2. The Kier molecular flexibility index (Phi) is 5.15. The van der Waals surface area contributed by atoms with Crippen LogP contribution in [0, 0.1) is 0 Å². The molecule has 10 heteroatoms. The zero-order chi connectivity index (χ0) is 22.5. The van der Waals surface area contributed by atoms with Crippen molar-refractivity contribution in [1.82, 2.24) is 15.1 Å². The molecular formula is C22H27N3O6S. The summed E-state index contributed by atoms with van der Waals surface area (Å²) < 4.78 is 29.8. The van der Waals surface area contributed by atoms with Gasteiger partial charge in [-0.25, -0.2) is 13.2 Å². The highest BCUT2D eigenvalue weighted by Gasteiger charge is 2.55. The largest absolute Gasteiger partial charge is 0.493 e. The van der Waals surface area contributed by atoms with Gasteiger partial charge in [0.15, 0.2) is 15.4 Å². The van der Waals surface area contributed by atoms with Crippen LogP contribution in [0.1, 0.15) is 44.1 Å². The van der Waals surface area contributed by atoms with E-state index >= 15 is 0 Å². The van der Waals surface area contributed by atoms with Gasteiger partial charge in [0.2, 0.25) is 5.91 Å². The topological polar surface area (TPSA) is 113 Å². The van der Waals surface area contributed by atoms with Crippen molar-refractivity contribution in [1.29, 1.82) is 0 Å². The summed E-state index contributed by atoms with van der Waals surface area (Å²) in [6.07, 6.45) is 4.29. The highest BCUT2D eigenvalue weighted by molar-refractivity contribution is 7.91. The Labute approximate surface area is 187 Å². The Hall–Kier alpha value is -2.62. The first kappa shape index (κ1) is 21.2. The molecule has 2 unspecified atom stereocenters. The van der Waals surface area contributed by atoms with E-state index in [1.165, 1.54) is 0 Å². The molecular weight excluding hydrogens is 434 g/mol. The standard InChI is InChI=1S/C22H27N3O6S/c26-19(25(15-5-1-2-6-15)16-9-12-32(29,30)14-16)13-24-20(27)22(23-21(24)28)10-11-31-18-8-4-3-7-17(18)22/h3-4,7-8,15-16H,1-2,5-6,9-14H2,(H,23,28). The predicted molar refractivity (Wildman–Crippen MR) is 115 cm³/mol. The SMILES string of the molecule is O=C1NC2(CCOc3ccccc32)C(=O)N1CC(=O)N(C1CCCC1)C1CCS(=O)(=O)C1. The molecule has 1 N–H and O–H groups in total. The van der Waals surface area contributed by atoms with Crippen LogP contribution in [0.25, 0.3) is 0 Å². The number of carbonyl (C=O) groups excluding carboxylic acids is 3. The number of benzene rings is 1. The smallest absolute Gasteiger partial charge is 0.325 e. The van der Waals surface area contributed by atoms with E-state index in [9.17, 15) is 22.8 Å². The molecule has 32 heavy (non-hydrogen) atoms. The summed E-state index contributed by atoms with van der Waals surface area (Å²) in [6.45, 7) is -0.110. The quantitative estimate of drug-likeness (QED) is 0.674. The Morgan fingerprint density at radius 3 is 2.62 bits per heavy atom. The van der Waals surface area contributed by atoms with Crippen LogP contribution in [0.2, 0.25) is 0 Å². The number of urea groups is 1. The van der Waals surface area contributed by atoms with E-state index in [0.29, 0.717) is 17.7 Å². The lowest BCUT2D eigenvalue weighted by molar-refractivity contribution is -0.142. The molecule has 1 aromatic rings. The summed E-state index contributed by atoms with van der Waals surface area (Å²) in [4.78, 5) is 42.4. The van der Waals surface area contributed by atoms with Gasteiger partial charge in [-0.2, -0.15) is 0 Å². The lowest BCUT2D eigenvalue weighted by Gasteiger charge is -2.35. The maximum Gasteiger partial charge on any atom is 0.325 e. The van der Waals surface area contributed by atoms with Crippen LogP contribution >= 0.6 is 0 Å². The zero-order valence-corrected chi connectivity index (χ0v) is 18.6. The number of carbonyl (C=O) groups is 3. The summed E-state index contributed by atoms with van der Waals surface area (Å²) >= 11 is 0. The van der Waals surface area contributed by atoms with E-state index in [2.05, 4.69) is 5.32 Å². The number of rotatable bonds is 4. The molecule has 4 aliphatic rings. The number of amides is 4. The zero-order valence-electron chi connectivity index (χ0n) is 17.8. The van der Waals surface area contributed by atoms with Crippen molar-refractivity contribution in [2.75, 3.05) is 24.7 Å². The van der Waals surface area contributed by atoms with Crippen LogP contribution in [0.3, 0.4) is 0 Å². The third-order valence-electron chi connectivity index (χ3n) is 7.16. The minimum absolute atomic E-state index is 0.0423. The lowest BCUT2D eigenvalue weighted by Crippen LogP contribution is -2.52. The molecule has 4 amide bonds. The van der Waals surface area contributed by atoms with Gasteiger partial charge in [-0.3, -0.25) is 14.5 Å². The van der Waals surface area contributed by atoms with Crippen molar-refractivity contribution in [3.05, 3.63) is 29.8 Å². The first-order valence-electron chi connectivity index (χ1n) is 11.2. The van der Waals surface area contributed by atoms with Crippen molar-refractivity contribution in [2.24, 2.45) is 0 Å². The Morgan fingerprint density at radius 1 is 1.16 bits per heavy atom. The number of ether oxygens (including phenoxy) is 1. The fourth-order valence-electron chi connectivity index (χ4n) is 5.62. The molecule has 1 saturated carbocycles. The van der Waals surface area contributed by atoms with Gasteiger partial charge in [-0.05, 0) is 25.3 Å². The summed E-state index contributed by atoms with van der Waals surface area (Å²) in [5.41, 5.74) is -0.643. The number of hydrogen-bond donors (Lipinski definition) is 1.